The van der Waals surface area contributed by atoms with Gasteiger partial charge in [0.25, 0.3) is 5.91 Å². The summed E-state index contributed by atoms with van der Waals surface area (Å²) in [6.07, 6.45) is 1.64. The lowest BCUT2D eigenvalue weighted by Gasteiger charge is -2.15. The number of halogens is 1. The second-order valence-electron chi connectivity index (χ2n) is 7.04. The number of nitrogens with zero attached hydrogens (tertiary/aromatic N) is 4. The van der Waals surface area contributed by atoms with Gasteiger partial charge in [0.15, 0.2) is 11.5 Å². The molecule has 1 aliphatic heterocycles. The fourth-order valence-corrected chi connectivity index (χ4v) is 3.60. The maximum Gasteiger partial charge on any atom is 0.325 e. The molecule has 2 aromatic heterocycles. The molecule has 2 N–H and O–H groups in total. The van der Waals surface area contributed by atoms with Crippen LogP contribution in [0.4, 0.5) is 4.79 Å². The number of hydrogen-bond acceptors (Lipinski definition) is 5. The van der Waals surface area contributed by atoms with Crippen LogP contribution in [-0.4, -0.2) is 43.4 Å². The average molecular weight is 427 g/mol. The maximum absolute atomic E-state index is 12.6. The monoisotopic (exact) mass is 426 g/mol. The minimum atomic E-state index is -0.918. The van der Waals surface area contributed by atoms with Gasteiger partial charge in [0, 0.05) is 11.2 Å². The van der Waals surface area contributed by atoms with E-state index in [-0.39, 0.29) is 18.9 Å². The van der Waals surface area contributed by atoms with Crippen molar-refractivity contribution in [2.24, 2.45) is 0 Å². The third-order valence-electron chi connectivity index (χ3n) is 4.83. The molecule has 0 bridgehead atoms. The fraction of sp³-hybridized carbons (Fsp3) is 0.250. The van der Waals surface area contributed by atoms with E-state index in [9.17, 15) is 14.4 Å². The first-order chi connectivity index (χ1) is 14.4. The first kappa shape index (κ1) is 19.8. The zero-order valence-electron chi connectivity index (χ0n) is 16.1. The van der Waals surface area contributed by atoms with Crippen LogP contribution in [0, 0.1) is 0 Å². The number of pyridine rings is 1. The van der Waals surface area contributed by atoms with E-state index in [4.69, 9.17) is 11.6 Å². The molecule has 0 saturated carbocycles. The van der Waals surface area contributed by atoms with Crippen LogP contribution in [-0.2, 0) is 16.1 Å². The van der Waals surface area contributed by atoms with Crippen LogP contribution in [0.5, 0.6) is 0 Å². The summed E-state index contributed by atoms with van der Waals surface area (Å²) < 4.78 is 1.78. The lowest BCUT2D eigenvalue weighted by atomic mass is 10.1. The molecule has 0 unspecified atom stereocenters. The number of imide groups is 1. The molecule has 9 nitrogen and oxygen atoms in total. The Balaban J connectivity index is 1.38. The molecule has 2 atom stereocenters. The zero-order chi connectivity index (χ0) is 21.3. The Morgan fingerprint density at radius 2 is 2.07 bits per heavy atom. The summed E-state index contributed by atoms with van der Waals surface area (Å²) in [5, 5.41) is 14.1. The van der Waals surface area contributed by atoms with Crippen molar-refractivity contribution < 1.29 is 14.4 Å². The summed E-state index contributed by atoms with van der Waals surface area (Å²) in [4.78, 5) is 38.4. The lowest BCUT2D eigenvalue weighted by Crippen LogP contribution is -2.37. The molecule has 154 valence electrons. The highest BCUT2D eigenvalue weighted by Gasteiger charge is 2.39. The molecule has 0 spiro atoms. The molecule has 30 heavy (non-hydrogen) atoms. The van der Waals surface area contributed by atoms with Gasteiger partial charge < -0.3 is 10.6 Å². The van der Waals surface area contributed by atoms with Gasteiger partial charge in [-0.3, -0.25) is 18.9 Å². The second-order valence-corrected chi connectivity index (χ2v) is 7.47. The second kappa shape index (κ2) is 8.11. The summed E-state index contributed by atoms with van der Waals surface area (Å²) in [5.41, 5.74) is 1.40. The Morgan fingerprint density at radius 1 is 1.23 bits per heavy atom. The van der Waals surface area contributed by atoms with Crippen molar-refractivity contribution >= 4 is 35.1 Å². The van der Waals surface area contributed by atoms with Crippen molar-refractivity contribution in [3.05, 3.63) is 65.1 Å². The van der Waals surface area contributed by atoms with Crippen molar-refractivity contribution in [3.63, 3.8) is 0 Å². The molecule has 0 radical (unpaired) electrons. The number of carbonyl (C=O) groups is 3. The van der Waals surface area contributed by atoms with Crippen LogP contribution in [0.15, 0.2) is 48.7 Å². The van der Waals surface area contributed by atoms with Crippen LogP contribution in [0.3, 0.4) is 0 Å². The molecule has 4 rings (SSSR count). The van der Waals surface area contributed by atoms with Crippen molar-refractivity contribution in [3.8, 4) is 0 Å². The van der Waals surface area contributed by atoms with Gasteiger partial charge in [-0.05, 0) is 36.8 Å². The zero-order valence-corrected chi connectivity index (χ0v) is 16.8. The Bertz CT molecular complexity index is 1130. The molecule has 3 heterocycles. The van der Waals surface area contributed by atoms with E-state index >= 15 is 0 Å². The summed E-state index contributed by atoms with van der Waals surface area (Å²) in [6.45, 7) is 1.87. The minimum Gasteiger partial charge on any atom is -0.346 e. The molecular formula is C20H19ClN6O3. The van der Waals surface area contributed by atoms with Gasteiger partial charge in [-0.2, -0.15) is 0 Å². The van der Waals surface area contributed by atoms with E-state index in [0.29, 0.717) is 16.5 Å². The topological polar surface area (TPSA) is 109 Å². The van der Waals surface area contributed by atoms with Gasteiger partial charge in [-0.1, -0.05) is 29.8 Å². The van der Waals surface area contributed by atoms with E-state index in [1.165, 1.54) is 0 Å². The standard InChI is InChI=1S/C20H19ClN6O3/c1-12(18-25-24-16-7-2-3-8-26(16)18)22-17(28)10-15-19(29)27(20(30)23-15)11-13-5-4-6-14(21)9-13/h2-9,12,15H,10-11H2,1H3,(H,22,28)(H,23,30)/t12-,15-/m1/s1. The molecule has 0 aliphatic carbocycles. The lowest BCUT2D eigenvalue weighted by molar-refractivity contribution is -0.131. The highest BCUT2D eigenvalue weighted by atomic mass is 35.5. The van der Waals surface area contributed by atoms with Crippen molar-refractivity contribution in [2.45, 2.75) is 32.0 Å². The van der Waals surface area contributed by atoms with Gasteiger partial charge in [0.1, 0.15) is 6.04 Å². The summed E-state index contributed by atoms with van der Waals surface area (Å²) in [7, 11) is 0. The predicted octanol–water partition coefficient (Wildman–Crippen LogP) is 2.07. The van der Waals surface area contributed by atoms with Gasteiger partial charge >= 0.3 is 6.03 Å². The van der Waals surface area contributed by atoms with E-state index in [0.717, 1.165) is 10.5 Å². The van der Waals surface area contributed by atoms with Gasteiger partial charge in [0.2, 0.25) is 5.91 Å². The molecule has 1 aliphatic rings. The predicted molar refractivity (Wildman–Crippen MR) is 108 cm³/mol. The van der Waals surface area contributed by atoms with Crippen molar-refractivity contribution in [1.29, 1.82) is 0 Å². The van der Waals surface area contributed by atoms with Gasteiger partial charge in [-0.15, -0.1) is 10.2 Å². The average Bonchev–Trinajstić information content (AvgIpc) is 3.25. The number of amides is 4. The molecule has 3 aromatic rings. The first-order valence-electron chi connectivity index (χ1n) is 9.37. The molecular weight excluding hydrogens is 408 g/mol. The van der Waals surface area contributed by atoms with Crippen molar-refractivity contribution in [1.82, 2.24) is 30.1 Å². The Hall–Kier alpha value is -3.46. The Morgan fingerprint density at radius 3 is 2.87 bits per heavy atom. The van der Waals surface area contributed by atoms with E-state index in [2.05, 4.69) is 20.8 Å². The third kappa shape index (κ3) is 3.97. The maximum atomic E-state index is 12.6. The van der Waals surface area contributed by atoms with Crippen LogP contribution in [0.2, 0.25) is 5.02 Å². The van der Waals surface area contributed by atoms with Crippen LogP contribution >= 0.6 is 11.6 Å². The summed E-state index contributed by atoms with van der Waals surface area (Å²) in [5.74, 6) is -0.252. The van der Waals surface area contributed by atoms with Crippen molar-refractivity contribution in [2.75, 3.05) is 0 Å². The number of hydrogen-bond donors (Lipinski definition) is 2. The van der Waals surface area contributed by atoms with E-state index in [1.54, 1.807) is 35.6 Å². The number of carbonyl (C=O) groups excluding carboxylic acids is 3. The fourth-order valence-electron chi connectivity index (χ4n) is 3.39. The Labute approximate surface area is 177 Å². The highest BCUT2D eigenvalue weighted by Crippen LogP contribution is 2.18. The summed E-state index contributed by atoms with van der Waals surface area (Å²) >= 11 is 5.96. The molecule has 1 saturated heterocycles. The quantitative estimate of drug-likeness (QED) is 0.586. The van der Waals surface area contributed by atoms with E-state index in [1.807, 2.05) is 24.4 Å². The number of rotatable bonds is 6. The smallest absolute Gasteiger partial charge is 0.325 e. The van der Waals surface area contributed by atoms with Crippen LogP contribution < -0.4 is 10.6 Å². The molecule has 10 heteroatoms. The van der Waals surface area contributed by atoms with Crippen LogP contribution in [0.25, 0.3) is 5.65 Å². The van der Waals surface area contributed by atoms with Gasteiger partial charge in [-0.25, -0.2) is 4.79 Å². The normalized spacial score (nSPS) is 17.3. The number of fused-ring (bicyclic) bond motifs is 1. The number of nitrogens with one attached hydrogen (secondary N) is 2. The number of urea groups is 1. The molecule has 4 amide bonds. The van der Waals surface area contributed by atoms with Crippen LogP contribution in [0.1, 0.15) is 30.8 Å². The highest BCUT2D eigenvalue weighted by molar-refractivity contribution is 6.30. The SMILES string of the molecule is C[C@@H](NC(=O)C[C@H]1NC(=O)N(Cc2cccc(Cl)c2)C1=O)c1nnc2ccccn12. The minimum absolute atomic E-state index is 0.0888. The number of aromatic nitrogens is 3. The third-order valence-corrected chi connectivity index (χ3v) is 5.07. The molecule has 1 aromatic carbocycles. The van der Waals surface area contributed by atoms with E-state index < -0.39 is 24.0 Å². The largest absolute Gasteiger partial charge is 0.346 e. The summed E-state index contributed by atoms with van der Waals surface area (Å²) in [6, 6.07) is 10.5. The number of benzene rings is 1. The Kier molecular flexibility index (Phi) is 5.37. The first-order valence-corrected chi connectivity index (χ1v) is 9.75. The van der Waals surface area contributed by atoms with Gasteiger partial charge in [0.05, 0.1) is 19.0 Å². The molecule has 1 fully saturated rings.